The van der Waals surface area contributed by atoms with Gasteiger partial charge in [0, 0.05) is 22.0 Å². The summed E-state index contributed by atoms with van der Waals surface area (Å²) >= 11 is 11.9. The molecular weight excluding hydrogens is 299 g/mol. The molecule has 1 aliphatic rings. The molecule has 1 heterocycles. The average molecular weight is 311 g/mol. The van der Waals surface area contributed by atoms with Crippen LogP contribution < -0.4 is 10.4 Å². The molecule has 0 saturated heterocycles. The SMILES string of the molecule is C=C(Cl)COc1cc2oc(=O)c3c(c2cc1Cl)CCC3. The largest absolute Gasteiger partial charge is 0.486 e. The van der Waals surface area contributed by atoms with Crippen LogP contribution in [0.4, 0.5) is 0 Å². The molecule has 0 bridgehead atoms. The maximum absolute atomic E-state index is 11.9. The number of halogens is 2. The molecule has 104 valence electrons. The molecule has 0 N–H and O–H groups in total. The van der Waals surface area contributed by atoms with Gasteiger partial charge in [-0.2, -0.15) is 0 Å². The van der Waals surface area contributed by atoms with Crippen LogP contribution in [-0.4, -0.2) is 6.61 Å². The van der Waals surface area contributed by atoms with E-state index in [0.717, 1.165) is 35.8 Å². The zero-order valence-electron chi connectivity index (χ0n) is 10.7. The highest BCUT2D eigenvalue weighted by molar-refractivity contribution is 6.33. The van der Waals surface area contributed by atoms with Gasteiger partial charge in [-0.15, -0.1) is 0 Å². The molecule has 2 aromatic rings. The van der Waals surface area contributed by atoms with E-state index in [1.807, 2.05) is 0 Å². The van der Waals surface area contributed by atoms with E-state index in [4.69, 9.17) is 32.4 Å². The molecule has 1 aliphatic carbocycles. The summed E-state index contributed by atoms with van der Waals surface area (Å²) in [6, 6.07) is 3.42. The van der Waals surface area contributed by atoms with Crippen molar-refractivity contribution in [2.75, 3.05) is 6.61 Å². The lowest BCUT2D eigenvalue weighted by Crippen LogP contribution is -2.07. The van der Waals surface area contributed by atoms with Gasteiger partial charge >= 0.3 is 5.63 Å². The normalized spacial score (nSPS) is 13.5. The summed E-state index contributed by atoms with van der Waals surface area (Å²) in [7, 11) is 0. The maximum Gasteiger partial charge on any atom is 0.339 e. The molecular formula is C15H12Cl2O3. The Morgan fingerprint density at radius 1 is 1.35 bits per heavy atom. The van der Waals surface area contributed by atoms with Crippen molar-refractivity contribution in [3.05, 3.63) is 50.3 Å². The second kappa shape index (κ2) is 5.15. The first-order chi connectivity index (χ1) is 9.56. The molecule has 0 radical (unpaired) electrons. The van der Waals surface area contributed by atoms with Crippen LogP contribution in [0.5, 0.6) is 5.75 Å². The van der Waals surface area contributed by atoms with Crippen molar-refractivity contribution in [2.45, 2.75) is 19.3 Å². The molecule has 0 spiro atoms. The van der Waals surface area contributed by atoms with Crippen LogP contribution in [0, 0.1) is 0 Å². The first-order valence-electron chi connectivity index (χ1n) is 6.30. The molecule has 1 aromatic heterocycles. The van der Waals surface area contributed by atoms with Gasteiger partial charge in [-0.3, -0.25) is 0 Å². The van der Waals surface area contributed by atoms with Crippen molar-refractivity contribution >= 4 is 34.2 Å². The Kier molecular flexibility index (Phi) is 3.48. The molecule has 0 atom stereocenters. The Morgan fingerprint density at radius 2 is 2.10 bits per heavy atom. The summed E-state index contributed by atoms with van der Waals surface area (Å²) in [6.07, 6.45) is 2.63. The Balaban J connectivity index is 2.14. The fourth-order valence-corrected chi connectivity index (χ4v) is 2.82. The van der Waals surface area contributed by atoms with E-state index >= 15 is 0 Å². The number of ether oxygens (including phenoxy) is 1. The molecule has 1 aromatic carbocycles. The maximum atomic E-state index is 11.9. The summed E-state index contributed by atoms with van der Waals surface area (Å²) in [4.78, 5) is 11.9. The van der Waals surface area contributed by atoms with E-state index in [-0.39, 0.29) is 12.2 Å². The molecule has 0 fully saturated rings. The number of hydrogen-bond donors (Lipinski definition) is 0. The first kappa shape index (κ1) is 13.5. The quantitative estimate of drug-likeness (QED) is 0.802. The molecule has 3 nitrogen and oxygen atoms in total. The Bertz CT molecular complexity index is 762. The molecule has 3 rings (SSSR count). The Hall–Kier alpha value is -1.45. The van der Waals surface area contributed by atoms with Gasteiger partial charge in [0.05, 0.1) is 5.02 Å². The van der Waals surface area contributed by atoms with Crippen molar-refractivity contribution in [1.82, 2.24) is 0 Å². The molecule has 0 aliphatic heterocycles. The van der Waals surface area contributed by atoms with E-state index < -0.39 is 0 Å². The monoisotopic (exact) mass is 310 g/mol. The fourth-order valence-electron chi connectivity index (χ4n) is 2.55. The van der Waals surface area contributed by atoms with Crippen molar-refractivity contribution in [3.8, 4) is 5.75 Å². The van der Waals surface area contributed by atoms with E-state index in [2.05, 4.69) is 6.58 Å². The highest BCUT2D eigenvalue weighted by atomic mass is 35.5. The van der Waals surface area contributed by atoms with Crippen LogP contribution in [-0.2, 0) is 12.8 Å². The van der Waals surface area contributed by atoms with E-state index in [1.165, 1.54) is 0 Å². The van der Waals surface area contributed by atoms with E-state index in [1.54, 1.807) is 12.1 Å². The molecule has 0 saturated carbocycles. The van der Waals surface area contributed by atoms with E-state index in [0.29, 0.717) is 21.4 Å². The average Bonchev–Trinajstić information content (AvgIpc) is 2.87. The van der Waals surface area contributed by atoms with Gasteiger partial charge in [-0.25, -0.2) is 4.79 Å². The van der Waals surface area contributed by atoms with Gasteiger partial charge in [0.1, 0.15) is 17.9 Å². The summed E-state index contributed by atoms with van der Waals surface area (Å²) in [6.45, 7) is 3.70. The highest BCUT2D eigenvalue weighted by Crippen LogP contribution is 2.34. The first-order valence-corrected chi connectivity index (χ1v) is 7.06. The van der Waals surface area contributed by atoms with Gasteiger partial charge in [-0.1, -0.05) is 29.8 Å². The summed E-state index contributed by atoms with van der Waals surface area (Å²) < 4.78 is 10.8. The molecule has 0 amide bonds. The number of fused-ring (bicyclic) bond motifs is 3. The van der Waals surface area contributed by atoms with Gasteiger partial charge in [0.2, 0.25) is 0 Å². The Morgan fingerprint density at radius 3 is 2.85 bits per heavy atom. The van der Waals surface area contributed by atoms with Crippen LogP contribution in [0.15, 0.2) is 33.0 Å². The lowest BCUT2D eigenvalue weighted by molar-refractivity contribution is 0.359. The summed E-state index contributed by atoms with van der Waals surface area (Å²) in [5.41, 5.74) is 2.05. The van der Waals surface area contributed by atoms with Gasteiger partial charge < -0.3 is 9.15 Å². The zero-order valence-corrected chi connectivity index (χ0v) is 12.2. The number of hydrogen-bond acceptors (Lipinski definition) is 3. The third-order valence-electron chi connectivity index (χ3n) is 3.41. The number of aryl methyl sites for hydroxylation is 1. The van der Waals surface area contributed by atoms with Crippen molar-refractivity contribution in [1.29, 1.82) is 0 Å². The minimum absolute atomic E-state index is 0.155. The molecule has 5 heteroatoms. The summed E-state index contributed by atoms with van der Waals surface area (Å²) in [5.74, 6) is 0.432. The van der Waals surface area contributed by atoms with Crippen molar-refractivity contribution in [3.63, 3.8) is 0 Å². The van der Waals surface area contributed by atoms with Crippen LogP contribution in [0.25, 0.3) is 11.0 Å². The van der Waals surface area contributed by atoms with Crippen LogP contribution in [0.3, 0.4) is 0 Å². The van der Waals surface area contributed by atoms with Crippen molar-refractivity contribution < 1.29 is 9.15 Å². The Labute approximate surface area is 125 Å². The third kappa shape index (κ3) is 2.32. The highest BCUT2D eigenvalue weighted by Gasteiger charge is 2.20. The van der Waals surface area contributed by atoms with Gasteiger partial charge in [-0.05, 0) is 30.9 Å². The minimum Gasteiger partial charge on any atom is -0.486 e. The van der Waals surface area contributed by atoms with Crippen LogP contribution >= 0.6 is 23.2 Å². The zero-order chi connectivity index (χ0) is 14.3. The smallest absolute Gasteiger partial charge is 0.339 e. The second-order valence-electron chi connectivity index (χ2n) is 4.78. The van der Waals surface area contributed by atoms with Crippen LogP contribution in [0.2, 0.25) is 5.02 Å². The standard InChI is InChI=1S/C15H12Cl2O3/c1-8(16)7-19-14-6-13-11(5-12(14)17)9-3-2-4-10(9)15(18)20-13/h5-6H,1-4,7H2. The van der Waals surface area contributed by atoms with Crippen molar-refractivity contribution in [2.24, 2.45) is 0 Å². The lowest BCUT2D eigenvalue weighted by atomic mass is 10.1. The fraction of sp³-hybridized carbons (Fsp3) is 0.267. The summed E-state index contributed by atoms with van der Waals surface area (Å²) in [5, 5.41) is 1.73. The second-order valence-corrected chi connectivity index (χ2v) is 5.73. The predicted octanol–water partition coefficient (Wildman–Crippen LogP) is 4.07. The van der Waals surface area contributed by atoms with Gasteiger partial charge in [0.25, 0.3) is 0 Å². The van der Waals surface area contributed by atoms with E-state index in [9.17, 15) is 4.79 Å². The molecule has 20 heavy (non-hydrogen) atoms. The third-order valence-corrected chi connectivity index (χ3v) is 3.81. The van der Waals surface area contributed by atoms with Crippen LogP contribution in [0.1, 0.15) is 17.5 Å². The number of rotatable bonds is 3. The lowest BCUT2D eigenvalue weighted by Gasteiger charge is -2.10. The predicted molar refractivity (Wildman–Crippen MR) is 80.0 cm³/mol. The minimum atomic E-state index is -0.264. The topological polar surface area (TPSA) is 39.4 Å². The molecule has 0 unspecified atom stereocenters. The van der Waals surface area contributed by atoms with Gasteiger partial charge in [0.15, 0.2) is 0 Å². The number of benzene rings is 1.